The molecule has 2 heteroatoms. The maximum atomic E-state index is 4.30. The van der Waals surface area contributed by atoms with Crippen molar-refractivity contribution in [3.63, 3.8) is 0 Å². The zero-order valence-corrected chi connectivity index (χ0v) is 9.07. The summed E-state index contributed by atoms with van der Waals surface area (Å²) in [5, 5.41) is 0. The lowest BCUT2D eigenvalue weighted by Crippen LogP contribution is -1.98. The average Bonchev–Trinajstić information content (AvgIpc) is 2.24. The summed E-state index contributed by atoms with van der Waals surface area (Å²) < 4.78 is 0. The van der Waals surface area contributed by atoms with Gasteiger partial charge in [0.25, 0.3) is 0 Å². The van der Waals surface area contributed by atoms with Crippen LogP contribution in [0.15, 0.2) is 36.8 Å². The summed E-state index contributed by atoms with van der Waals surface area (Å²) in [6.45, 7) is 4.18. The van der Waals surface area contributed by atoms with Gasteiger partial charge in [-0.15, -0.1) is 0 Å². The van der Waals surface area contributed by atoms with Gasteiger partial charge in [-0.3, -0.25) is 0 Å². The molecule has 1 aromatic carbocycles. The SMILES string of the molecule is Cc1ccccc1Cc1ncncc1C. The van der Waals surface area contributed by atoms with Crippen molar-refractivity contribution in [3.05, 3.63) is 59.2 Å². The highest BCUT2D eigenvalue weighted by atomic mass is 14.8. The fourth-order valence-corrected chi connectivity index (χ4v) is 1.60. The number of aromatic nitrogens is 2. The summed E-state index contributed by atoms with van der Waals surface area (Å²) >= 11 is 0. The Balaban J connectivity index is 2.30. The second-order valence-corrected chi connectivity index (χ2v) is 3.76. The minimum atomic E-state index is 0.890. The summed E-state index contributed by atoms with van der Waals surface area (Å²) in [7, 11) is 0. The topological polar surface area (TPSA) is 25.8 Å². The first-order chi connectivity index (χ1) is 7.27. The van der Waals surface area contributed by atoms with Crippen LogP contribution in [0.4, 0.5) is 0 Å². The van der Waals surface area contributed by atoms with Crippen LogP contribution in [0.1, 0.15) is 22.4 Å². The highest BCUT2D eigenvalue weighted by molar-refractivity contribution is 5.31. The molecule has 1 heterocycles. The number of rotatable bonds is 2. The molecule has 0 atom stereocenters. The Kier molecular flexibility index (Phi) is 2.77. The van der Waals surface area contributed by atoms with E-state index in [1.165, 1.54) is 11.1 Å². The van der Waals surface area contributed by atoms with E-state index in [0.717, 1.165) is 17.7 Å². The van der Waals surface area contributed by atoms with Crippen molar-refractivity contribution in [2.24, 2.45) is 0 Å². The van der Waals surface area contributed by atoms with Crippen LogP contribution in [0, 0.1) is 13.8 Å². The van der Waals surface area contributed by atoms with Gasteiger partial charge in [-0.25, -0.2) is 9.97 Å². The molecule has 0 unspecified atom stereocenters. The number of aryl methyl sites for hydroxylation is 2. The predicted octanol–water partition coefficient (Wildman–Crippen LogP) is 2.68. The third kappa shape index (κ3) is 2.21. The lowest BCUT2D eigenvalue weighted by molar-refractivity contribution is 0.988. The van der Waals surface area contributed by atoms with Gasteiger partial charge >= 0.3 is 0 Å². The average molecular weight is 198 g/mol. The second-order valence-electron chi connectivity index (χ2n) is 3.76. The standard InChI is InChI=1S/C13H14N2/c1-10-5-3-4-6-12(10)7-13-11(2)8-14-9-15-13/h3-6,8-9H,7H2,1-2H3. The molecule has 0 aliphatic rings. The van der Waals surface area contributed by atoms with E-state index in [4.69, 9.17) is 0 Å². The number of benzene rings is 1. The first-order valence-electron chi connectivity index (χ1n) is 5.07. The van der Waals surface area contributed by atoms with Crippen LogP contribution in [0.25, 0.3) is 0 Å². The van der Waals surface area contributed by atoms with Crippen LogP contribution in [0.3, 0.4) is 0 Å². The Bertz CT molecular complexity index is 420. The lowest BCUT2D eigenvalue weighted by Gasteiger charge is -2.06. The van der Waals surface area contributed by atoms with Gasteiger partial charge in [0.15, 0.2) is 0 Å². The first-order valence-corrected chi connectivity index (χ1v) is 5.07. The largest absolute Gasteiger partial charge is 0.245 e. The third-order valence-corrected chi connectivity index (χ3v) is 2.62. The monoisotopic (exact) mass is 198 g/mol. The van der Waals surface area contributed by atoms with Crippen LogP contribution >= 0.6 is 0 Å². The van der Waals surface area contributed by atoms with Crippen molar-refractivity contribution in [1.29, 1.82) is 0 Å². The molecule has 0 fully saturated rings. The van der Waals surface area contributed by atoms with E-state index in [1.807, 2.05) is 13.1 Å². The van der Waals surface area contributed by atoms with E-state index < -0.39 is 0 Å². The molecule has 0 amide bonds. The van der Waals surface area contributed by atoms with Gasteiger partial charge in [0.1, 0.15) is 6.33 Å². The molecule has 1 aromatic heterocycles. The number of hydrogen-bond donors (Lipinski definition) is 0. The van der Waals surface area contributed by atoms with Gasteiger partial charge in [0, 0.05) is 12.6 Å². The van der Waals surface area contributed by atoms with Crippen molar-refractivity contribution >= 4 is 0 Å². The summed E-state index contributed by atoms with van der Waals surface area (Å²) in [5.41, 5.74) is 4.91. The van der Waals surface area contributed by atoms with E-state index in [-0.39, 0.29) is 0 Å². The Labute approximate surface area is 90.0 Å². The molecule has 15 heavy (non-hydrogen) atoms. The minimum Gasteiger partial charge on any atom is -0.245 e. The van der Waals surface area contributed by atoms with Crippen LogP contribution in [0.2, 0.25) is 0 Å². The molecule has 0 spiro atoms. The quantitative estimate of drug-likeness (QED) is 0.741. The Morgan fingerprint density at radius 1 is 1.07 bits per heavy atom. The molecule has 0 N–H and O–H groups in total. The van der Waals surface area contributed by atoms with Crippen LogP contribution < -0.4 is 0 Å². The van der Waals surface area contributed by atoms with E-state index in [9.17, 15) is 0 Å². The molecule has 2 aromatic rings. The molecule has 76 valence electrons. The normalized spacial score (nSPS) is 10.3. The molecule has 0 bridgehead atoms. The number of hydrogen-bond acceptors (Lipinski definition) is 2. The summed E-state index contributed by atoms with van der Waals surface area (Å²) in [5.74, 6) is 0. The van der Waals surface area contributed by atoms with Crippen LogP contribution in [-0.2, 0) is 6.42 Å². The molecule has 0 saturated heterocycles. The van der Waals surface area contributed by atoms with Crippen molar-refractivity contribution in [3.8, 4) is 0 Å². The second kappa shape index (κ2) is 4.22. The van der Waals surface area contributed by atoms with Gasteiger partial charge in [-0.2, -0.15) is 0 Å². The van der Waals surface area contributed by atoms with Gasteiger partial charge in [-0.05, 0) is 30.5 Å². The summed E-state index contributed by atoms with van der Waals surface area (Å²) in [6, 6.07) is 8.41. The lowest BCUT2D eigenvalue weighted by atomic mass is 10.0. The molecule has 0 aliphatic carbocycles. The van der Waals surface area contributed by atoms with E-state index >= 15 is 0 Å². The molecule has 0 radical (unpaired) electrons. The van der Waals surface area contributed by atoms with E-state index in [0.29, 0.717) is 0 Å². The minimum absolute atomic E-state index is 0.890. The molecule has 0 saturated carbocycles. The summed E-state index contributed by atoms with van der Waals surface area (Å²) in [4.78, 5) is 8.30. The van der Waals surface area contributed by atoms with Gasteiger partial charge in [0.05, 0.1) is 5.69 Å². The van der Waals surface area contributed by atoms with E-state index in [2.05, 4.69) is 41.2 Å². The highest BCUT2D eigenvalue weighted by Gasteiger charge is 2.02. The van der Waals surface area contributed by atoms with Crippen LogP contribution in [-0.4, -0.2) is 9.97 Å². The molecule has 0 aliphatic heterocycles. The Morgan fingerprint density at radius 2 is 1.87 bits per heavy atom. The fraction of sp³-hybridized carbons (Fsp3) is 0.231. The third-order valence-electron chi connectivity index (χ3n) is 2.62. The molecular weight excluding hydrogens is 184 g/mol. The Morgan fingerprint density at radius 3 is 2.60 bits per heavy atom. The maximum Gasteiger partial charge on any atom is 0.115 e. The first kappa shape index (κ1) is 9.84. The smallest absolute Gasteiger partial charge is 0.115 e. The molecule has 2 nitrogen and oxygen atoms in total. The predicted molar refractivity (Wildman–Crippen MR) is 60.8 cm³/mol. The molecule has 2 rings (SSSR count). The number of nitrogens with zero attached hydrogens (tertiary/aromatic N) is 2. The van der Waals surface area contributed by atoms with E-state index in [1.54, 1.807) is 6.33 Å². The van der Waals surface area contributed by atoms with Crippen molar-refractivity contribution in [1.82, 2.24) is 9.97 Å². The highest BCUT2D eigenvalue weighted by Crippen LogP contribution is 2.13. The van der Waals surface area contributed by atoms with Crippen molar-refractivity contribution < 1.29 is 0 Å². The van der Waals surface area contributed by atoms with Gasteiger partial charge in [-0.1, -0.05) is 24.3 Å². The summed E-state index contributed by atoms with van der Waals surface area (Å²) in [6.07, 6.45) is 4.36. The molecular formula is C13H14N2. The van der Waals surface area contributed by atoms with Crippen molar-refractivity contribution in [2.45, 2.75) is 20.3 Å². The van der Waals surface area contributed by atoms with Gasteiger partial charge in [0.2, 0.25) is 0 Å². The van der Waals surface area contributed by atoms with Crippen molar-refractivity contribution in [2.75, 3.05) is 0 Å². The van der Waals surface area contributed by atoms with Crippen LogP contribution in [0.5, 0.6) is 0 Å². The fourth-order valence-electron chi connectivity index (χ4n) is 1.60. The zero-order chi connectivity index (χ0) is 10.7. The zero-order valence-electron chi connectivity index (χ0n) is 9.07. The maximum absolute atomic E-state index is 4.30. The Hall–Kier alpha value is -1.70. The van der Waals surface area contributed by atoms with Gasteiger partial charge < -0.3 is 0 Å².